The first-order chi connectivity index (χ1) is 14.3. The van der Waals surface area contributed by atoms with Crippen LogP contribution in [0.15, 0.2) is 53.9 Å². The molecule has 30 heavy (non-hydrogen) atoms. The Hall–Kier alpha value is -2.71. The summed E-state index contributed by atoms with van der Waals surface area (Å²) in [6.07, 6.45) is 4.77. The van der Waals surface area contributed by atoms with Crippen LogP contribution >= 0.6 is 0 Å². The summed E-state index contributed by atoms with van der Waals surface area (Å²) in [6, 6.07) is 12.3. The van der Waals surface area contributed by atoms with E-state index in [0.717, 1.165) is 35.6 Å². The van der Waals surface area contributed by atoms with Crippen LogP contribution in [0.5, 0.6) is 0 Å². The number of hydrogen-bond donors (Lipinski definition) is 1. The zero-order chi connectivity index (χ0) is 21.3. The zero-order valence-corrected chi connectivity index (χ0v) is 18.4. The zero-order valence-electron chi connectivity index (χ0n) is 17.5. The molecule has 8 heteroatoms. The summed E-state index contributed by atoms with van der Waals surface area (Å²) in [7, 11) is -1.83. The van der Waals surface area contributed by atoms with E-state index in [1.54, 1.807) is 22.1 Å². The molecule has 1 aliphatic heterocycles. The minimum atomic E-state index is -3.60. The van der Waals surface area contributed by atoms with E-state index in [1.807, 2.05) is 31.2 Å². The van der Waals surface area contributed by atoms with Gasteiger partial charge in [0.15, 0.2) is 5.03 Å². The van der Waals surface area contributed by atoms with Gasteiger partial charge in [0.25, 0.3) is 10.0 Å². The lowest BCUT2D eigenvalue weighted by molar-refractivity contribution is 0.312. The molecule has 0 bridgehead atoms. The molecule has 1 saturated heterocycles. The van der Waals surface area contributed by atoms with Gasteiger partial charge in [-0.25, -0.2) is 13.4 Å². The number of imidazole rings is 1. The molecule has 1 N–H and O–H groups in total. The third kappa shape index (κ3) is 4.39. The summed E-state index contributed by atoms with van der Waals surface area (Å²) in [6.45, 7) is 4.95. The number of pyridine rings is 1. The van der Waals surface area contributed by atoms with Crippen molar-refractivity contribution >= 4 is 21.4 Å². The van der Waals surface area contributed by atoms with Gasteiger partial charge in [0.2, 0.25) is 0 Å². The third-order valence-electron chi connectivity index (χ3n) is 5.40. The second-order valence-corrected chi connectivity index (χ2v) is 9.88. The second kappa shape index (κ2) is 8.20. The van der Waals surface area contributed by atoms with Crippen LogP contribution in [0.25, 0.3) is 0 Å². The van der Waals surface area contributed by atoms with E-state index in [4.69, 9.17) is 4.98 Å². The maximum absolute atomic E-state index is 13.0. The van der Waals surface area contributed by atoms with E-state index in [0.29, 0.717) is 13.1 Å². The fraction of sp³-hybridized carbons (Fsp3) is 0.364. The lowest BCUT2D eigenvalue weighted by Crippen LogP contribution is -2.39. The highest BCUT2D eigenvalue weighted by molar-refractivity contribution is 7.89. The first-order valence-electron chi connectivity index (χ1n) is 10.1. The second-order valence-electron chi connectivity index (χ2n) is 7.99. The predicted molar refractivity (Wildman–Crippen MR) is 117 cm³/mol. The molecule has 158 valence electrons. The molecule has 7 nitrogen and oxygen atoms in total. The molecule has 1 fully saturated rings. The van der Waals surface area contributed by atoms with Crippen LogP contribution in [0.3, 0.4) is 0 Å². The van der Waals surface area contributed by atoms with E-state index in [2.05, 4.69) is 29.4 Å². The summed E-state index contributed by atoms with van der Waals surface area (Å²) < 4.78 is 29.2. The van der Waals surface area contributed by atoms with Crippen LogP contribution in [0.1, 0.15) is 35.7 Å². The molecule has 2 aromatic heterocycles. The molecule has 0 saturated carbocycles. The number of aryl methyl sites for hydroxylation is 3. The summed E-state index contributed by atoms with van der Waals surface area (Å²) in [5.41, 5.74) is 5.02. The summed E-state index contributed by atoms with van der Waals surface area (Å²) in [5, 5.41) is 3.54. The van der Waals surface area contributed by atoms with E-state index < -0.39 is 10.0 Å². The van der Waals surface area contributed by atoms with Gasteiger partial charge in [-0.2, -0.15) is 4.31 Å². The average Bonchev–Trinajstić information content (AvgIpc) is 3.17. The van der Waals surface area contributed by atoms with Crippen molar-refractivity contribution < 1.29 is 8.42 Å². The Labute approximate surface area is 177 Å². The highest BCUT2D eigenvalue weighted by Gasteiger charge is 2.33. The first kappa shape index (κ1) is 20.6. The van der Waals surface area contributed by atoms with E-state index in [9.17, 15) is 8.42 Å². The number of rotatable bonds is 5. The molecule has 4 rings (SSSR count). The lowest BCUT2D eigenvalue weighted by Gasteiger charge is -2.31. The smallest absolute Gasteiger partial charge is 0.262 e. The number of benzene rings is 1. The summed E-state index contributed by atoms with van der Waals surface area (Å²) in [5.74, 6) is 0.0516. The number of piperidine rings is 1. The Balaban J connectivity index is 1.56. The van der Waals surface area contributed by atoms with Crippen LogP contribution in [-0.2, 0) is 17.1 Å². The van der Waals surface area contributed by atoms with Gasteiger partial charge < -0.3 is 9.88 Å². The molecule has 0 aliphatic carbocycles. The molecule has 1 aromatic carbocycles. The van der Waals surface area contributed by atoms with Crippen molar-refractivity contribution in [2.45, 2.75) is 37.6 Å². The van der Waals surface area contributed by atoms with Crippen LogP contribution in [0, 0.1) is 13.8 Å². The predicted octanol–water partition coefficient (Wildman–Crippen LogP) is 3.74. The van der Waals surface area contributed by atoms with Crippen molar-refractivity contribution in [1.82, 2.24) is 18.8 Å². The molecule has 0 radical (unpaired) electrons. The molecule has 3 aromatic rings. The fourth-order valence-electron chi connectivity index (χ4n) is 3.84. The van der Waals surface area contributed by atoms with E-state index >= 15 is 0 Å². The molecule has 0 spiro atoms. The normalized spacial score (nSPS) is 17.8. The highest BCUT2D eigenvalue weighted by Crippen LogP contribution is 2.31. The maximum Gasteiger partial charge on any atom is 0.262 e. The van der Waals surface area contributed by atoms with Crippen molar-refractivity contribution in [1.29, 1.82) is 0 Å². The Morgan fingerprint density at radius 2 is 1.87 bits per heavy atom. The minimum absolute atomic E-state index is 0.0516. The molecule has 1 aliphatic rings. The number of nitrogens with one attached hydrogen (secondary N) is 1. The highest BCUT2D eigenvalue weighted by atomic mass is 32.2. The number of anilines is 2. The average molecular weight is 426 g/mol. The standard InChI is InChI=1S/C22H27N5O2S/c1-16-6-8-19(9-7-16)25-20-11-17(2)24-21(12-20)18-5-4-10-27(13-18)30(28,29)22-14-26(3)15-23-22/h6-9,11-12,14-15,18H,4-5,10,13H2,1-3H3,(H,24,25)/t18-/m0/s1. The van der Waals surface area contributed by atoms with Gasteiger partial charge in [-0.1, -0.05) is 17.7 Å². The van der Waals surface area contributed by atoms with Crippen LogP contribution < -0.4 is 5.32 Å². The molecule has 0 unspecified atom stereocenters. The van der Waals surface area contributed by atoms with Crippen molar-refractivity contribution in [3.8, 4) is 0 Å². The topological polar surface area (TPSA) is 80.1 Å². The molecule has 0 amide bonds. The van der Waals surface area contributed by atoms with Gasteiger partial charge in [0.1, 0.15) is 0 Å². The van der Waals surface area contributed by atoms with E-state index in [1.165, 1.54) is 11.9 Å². The molecular formula is C22H27N5O2S. The number of hydrogen-bond acceptors (Lipinski definition) is 5. The van der Waals surface area contributed by atoms with Gasteiger partial charge in [-0.3, -0.25) is 4.98 Å². The van der Waals surface area contributed by atoms with Gasteiger partial charge in [-0.15, -0.1) is 0 Å². The first-order valence-corrected chi connectivity index (χ1v) is 11.6. The Bertz CT molecular complexity index is 1140. The van der Waals surface area contributed by atoms with Gasteiger partial charge in [0, 0.05) is 55.0 Å². The van der Waals surface area contributed by atoms with Crippen LogP contribution in [-0.4, -0.2) is 40.3 Å². The maximum atomic E-state index is 13.0. The fourth-order valence-corrected chi connectivity index (χ4v) is 5.33. The lowest BCUT2D eigenvalue weighted by atomic mass is 9.95. The SMILES string of the molecule is Cc1ccc(Nc2cc(C)nc([C@H]3CCCN(S(=O)(=O)c4cn(C)cn4)C3)c2)cc1. The van der Waals surface area contributed by atoms with Crippen LogP contribution in [0.2, 0.25) is 0 Å². The van der Waals surface area contributed by atoms with Crippen molar-refractivity contribution in [3.63, 3.8) is 0 Å². The largest absolute Gasteiger partial charge is 0.355 e. The summed E-state index contributed by atoms with van der Waals surface area (Å²) in [4.78, 5) is 8.77. The minimum Gasteiger partial charge on any atom is -0.355 e. The van der Waals surface area contributed by atoms with Gasteiger partial charge in [0.05, 0.1) is 6.33 Å². The number of nitrogens with zero attached hydrogens (tertiary/aromatic N) is 4. The Kier molecular flexibility index (Phi) is 5.62. The Morgan fingerprint density at radius 3 is 2.57 bits per heavy atom. The number of aromatic nitrogens is 3. The number of sulfonamides is 1. The monoisotopic (exact) mass is 425 g/mol. The summed E-state index contributed by atoms with van der Waals surface area (Å²) >= 11 is 0. The molecular weight excluding hydrogens is 398 g/mol. The van der Waals surface area contributed by atoms with E-state index in [-0.39, 0.29) is 10.9 Å². The molecule has 1 atom stereocenters. The third-order valence-corrected chi connectivity index (χ3v) is 7.15. The van der Waals surface area contributed by atoms with Crippen molar-refractivity contribution in [2.75, 3.05) is 18.4 Å². The molecule has 3 heterocycles. The quantitative estimate of drug-likeness (QED) is 0.674. The van der Waals surface area contributed by atoms with Crippen molar-refractivity contribution in [3.05, 3.63) is 65.9 Å². The van der Waals surface area contributed by atoms with Crippen LogP contribution in [0.4, 0.5) is 11.4 Å². The van der Waals surface area contributed by atoms with Gasteiger partial charge >= 0.3 is 0 Å². The van der Waals surface area contributed by atoms with Gasteiger partial charge in [-0.05, 0) is 51.0 Å². The Morgan fingerprint density at radius 1 is 1.10 bits per heavy atom. The van der Waals surface area contributed by atoms with Crippen molar-refractivity contribution in [2.24, 2.45) is 7.05 Å².